The van der Waals surface area contributed by atoms with Gasteiger partial charge in [-0.3, -0.25) is 0 Å². The van der Waals surface area contributed by atoms with Crippen molar-refractivity contribution in [1.82, 2.24) is 20.2 Å². The van der Waals surface area contributed by atoms with E-state index in [1.807, 2.05) is 0 Å². The smallest absolute Gasteiger partial charge is 0.317 e. The molecule has 0 saturated carbocycles. The Labute approximate surface area is 124 Å². The fourth-order valence-electron chi connectivity index (χ4n) is 2.18. The summed E-state index contributed by atoms with van der Waals surface area (Å²) in [5, 5.41) is 2.77. The fraction of sp³-hybridized carbons (Fsp3) is 0.500. The van der Waals surface area contributed by atoms with Crippen LogP contribution < -0.4 is 14.8 Å². The number of likely N-dealkylation sites (tertiary alicyclic amines) is 1. The summed E-state index contributed by atoms with van der Waals surface area (Å²) in [7, 11) is 1.52. The van der Waals surface area contributed by atoms with Crippen LogP contribution in [0.2, 0.25) is 0 Å². The van der Waals surface area contributed by atoms with Crippen LogP contribution in [0, 0.1) is 0 Å². The molecule has 1 aromatic heterocycles. The van der Waals surface area contributed by atoms with Crippen LogP contribution in [-0.4, -0.2) is 53.7 Å². The largest absolute Gasteiger partial charge is 0.477 e. The van der Waals surface area contributed by atoms with Crippen LogP contribution in [0.3, 0.4) is 0 Å². The topological polar surface area (TPSA) is 76.6 Å². The van der Waals surface area contributed by atoms with Gasteiger partial charge in [-0.25, -0.2) is 14.8 Å². The van der Waals surface area contributed by atoms with Crippen LogP contribution in [0.25, 0.3) is 0 Å². The second kappa shape index (κ2) is 7.47. The van der Waals surface area contributed by atoms with Gasteiger partial charge in [-0.2, -0.15) is 0 Å². The van der Waals surface area contributed by atoms with E-state index in [9.17, 15) is 4.79 Å². The van der Waals surface area contributed by atoms with Crippen molar-refractivity contribution in [2.75, 3.05) is 26.7 Å². The minimum Gasteiger partial charge on any atom is -0.477 e. The van der Waals surface area contributed by atoms with Gasteiger partial charge in [0.15, 0.2) is 0 Å². The summed E-state index contributed by atoms with van der Waals surface area (Å²) >= 11 is 0. The number of rotatable bonds is 5. The van der Waals surface area contributed by atoms with Crippen molar-refractivity contribution >= 4 is 6.03 Å². The number of nitrogens with zero attached hydrogens (tertiary/aromatic N) is 3. The molecular weight excluding hydrogens is 272 g/mol. The standard InChI is InChI=1S/C14H20N4O3/c1-3-6-17-14(19)18-9-4-5-11(10-18)21-13-12(20-2)15-7-8-16-13/h3,7-8,11H,1,4-6,9-10H2,2H3,(H,17,19). The highest BCUT2D eigenvalue weighted by atomic mass is 16.5. The molecule has 0 aromatic carbocycles. The van der Waals surface area contributed by atoms with Gasteiger partial charge < -0.3 is 19.7 Å². The van der Waals surface area contributed by atoms with Crippen molar-refractivity contribution in [3.63, 3.8) is 0 Å². The molecule has 7 heteroatoms. The third kappa shape index (κ3) is 4.08. The van der Waals surface area contributed by atoms with E-state index in [4.69, 9.17) is 9.47 Å². The van der Waals surface area contributed by atoms with Gasteiger partial charge in [0.05, 0.1) is 13.7 Å². The number of aromatic nitrogens is 2. The first-order valence-electron chi connectivity index (χ1n) is 6.90. The molecule has 0 radical (unpaired) electrons. The number of methoxy groups -OCH3 is 1. The maximum atomic E-state index is 11.9. The highest BCUT2D eigenvalue weighted by molar-refractivity contribution is 5.74. The van der Waals surface area contributed by atoms with Gasteiger partial charge in [-0.1, -0.05) is 6.08 Å². The highest BCUT2D eigenvalue weighted by Gasteiger charge is 2.25. The summed E-state index contributed by atoms with van der Waals surface area (Å²) in [5.74, 6) is 0.712. The third-order valence-electron chi connectivity index (χ3n) is 3.17. The number of urea groups is 1. The quantitative estimate of drug-likeness (QED) is 0.826. The van der Waals surface area contributed by atoms with Gasteiger partial charge in [-0.15, -0.1) is 6.58 Å². The molecule has 1 N–H and O–H groups in total. The molecule has 1 atom stereocenters. The van der Waals surface area contributed by atoms with E-state index < -0.39 is 0 Å². The van der Waals surface area contributed by atoms with E-state index in [1.165, 1.54) is 7.11 Å². The minimum absolute atomic E-state index is 0.102. The first-order chi connectivity index (χ1) is 10.2. The highest BCUT2D eigenvalue weighted by Crippen LogP contribution is 2.23. The van der Waals surface area contributed by atoms with Gasteiger partial charge in [-0.05, 0) is 12.8 Å². The molecule has 7 nitrogen and oxygen atoms in total. The maximum Gasteiger partial charge on any atom is 0.317 e. The number of ether oxygens (including phenoxy) is 2. The van der Waals surface area contributed by atoms with E-state index in [-0.39, 0.29) is 12.1 Å². The number of piperidine rings is 1. The molecule has 0 spiro atoms. The zero-order valence-corrected chi connectivity index (χ0v) is 12.1. The maximum absolute atomic E-state index is 11.9. The molecule has 1 unspecified atom stereocenters. The summed E-state index contributed by atoms with van der Waals surface area (Å²) in [4.78, 5) is 21.8. The zero-order chi connectivity index (χ0) is 15.1. The monoisotopic (exact) mass is 292 g/mol. The Morgan fingerprint density at radius 2 is 2.29 bits per heavy atom. The minimum atomic E-state index is -0.112. The first kappa shape index (κ1) is 15.1. The molecule has 114 valence electrons. The van der Waals surface area contributed by atoms with Crippen molar-refractivity contribution in [3.8, 4) is 11.8 Å². The van der Waals surface area contributed by atoms with Crippen LogP contribution in [-0.2, 0) is 0 Å². The summed E-state index contributed by atoms with van der Waals surface area (Å²) < 4.78 is 10.9. The number of hydrogen-bond donors (Lipinski definition) is 1. The lowest BCUT2D eigenvalue weighted by Crippen LogP contribution is -2.48. The predicted molar refractivity (Wildman–Crippen MR) is 77.4 cm³/mol. The number of carbonyl (C=O) groups excluding carboxylic acids is 1. The average molecular weight is 292 g/mol. The van der Waals surface area contributed by atoms with Gasteiger partial charge >= 0.3 is 6.03 Å². The van der Waals surface area contributed by atoms with Crippen LogP contribution in [0.5, 0.6) is 11.8 Å². The van der Waals surface area contributed by atoms with Crippen molar-refractivity contribution in [2.24, 2.45) is 0 Å². The lowest BCUT2D eigenvalue weighted by atomic mass is 10.1. The fourth-order valence-corrected chi connectivity index (χ4v) is 2.18. The zero-order valence-electron chi connectivity index (χ0n) is 12.1. The molecule has 1 aliphatic heterocycles. The summed E-state index contributed by atoms with van der Waals surface area (Å²) in [6.45, 7) is 5.28. The van der Waals surface area contributed by atoms with Gasteiger partial charge in [0.1, 0.15) is 6.10 Å². The Balaban J connectivity index is 1.94. The SMILES string of the molecule is C=CCNC(=O)N1CCCC(Oc2nccnc2OC)C1. The molecule has 0 aliphatic carbocycles. The number of nitrogens with one attached hydrogen (secondary N) is 1. The normalized spacial score (nSPS) is 18.0. The van der Waals surface area contributed by atoms with Crippen molar-refractivity contribution in [2.45, 2.75) is 18.9 Å². The first-order valence-corrected chi connectivity index (χ1v) is 6.90. The molecule has 2 amide bonds. The van der Waals surface area contributed by atoms with E-state index >= 15 is 0 Å². The van der Waals surface area contributed by atoms with E-state index in [0.29, 0.717) is 24.8 Å². The second-order valence-corrected chi connectivity index (χ2v) is 4.67. The average Bonchev–Trinajstić information content (AvgIpc) is 2.53. The molecule has 1 fully saturated rings. The second-order valence-electron chi connectivity index (χ2n) is 4.67. The number of hydrogen-bond acceptors (Lipinski definition) is 5. The Hall–Kier alpha value is -2.31. The van der Waals surface area contributed by atoms with Crippen LogP contribution in [0.15, 0.2) is 25.0 Å². The lowest BCUT2D eigenvalue weighted by Gasteiger charge is -2.32. The number of amides is 2. The predicted octanol–water partition coefficient (Wildman–Crippen LogP) is 1.22. The Kier molecular flexibility index (Phi) is 5.36. The van der Waals surface area contributed by atoms with Crippen molar-refractivity contribution in [3.05, 3.63) is 25.0 Å². The Morgan fingerprint density at radius 1 is 1.52 bits per heavy atom. The van der Waals surface area contributed by atoms with Crippen LogP contribution in [0.1, 0.15) is 12.8 Å². The molecule has 0 bridgehead atoms. The number of carbonyl (C=O) groups is 1. The van der Waals surface area contributed by atoms with Crippen LogP contribution >= 0.6 is 0 Å². The molecule has 21 heavy (non-hydrogen) atoms. The van der Waals surface area contributed by atoms with Gasteiger partial charge in [0, 0.05) is 25.5 Å². The van der Waals surface area contributed by atoms with Gasteiger partial charge in [0.25, 0.3) is 11.8 Å². The van der Waals surface area contributed by atoms with E-state index in [2.05, 4.69) is 21.9 Å². The molecule has 1 saturated heterocycles. The molecule has 1 aromatic rings. The van der Waals surface area contributed by atoms with E-state index in [1.54, 1.807) is 23.4 Å². The van der Waals surface area contributed by atoms with Gasteiger partial charge in [0.2, 0.25) is 0 Å². The molecule has 2 heterocycles. The van der Waals surface area contributed by atoms with Crippen molar-refractivity contribution < 1.29 is 14.3 Å². The molecule has 2 rings (SSSR count). The van der Waals surface area contributed by atoms with E-state index in [0.717, 1.165) is 19.4 Å². The summed E-state index contributed by atoms with van der Waals surface area (Å²) in [6, 6.07) is -0.102. The third-order valence-corrected chi connectivity index (χ3v) is 3.17. The Bertz CT molecular complexity index is 495. The summed E-state index contributed by atoms with van der Waals surface area (Å²) in [6.07, 6.45) is 6.38. The van der Waals surface area contributed by atoms with Crippen molar-refractivity contribution in [1.29, 1.82) is 0 Å². The molecule has 1 aliphatic rings. The molecular formula is C14H20N4O3. The summed E-state index contributed by atoms with van der Waals surface area (Å²) in [5.41, 5.74) is 0. The van der Waals surface area contributed by atoms with Crippen LogP contribution in [0.4, 0.5) is 4.79 Å². The Morgan fingerprint density at radius 3 is 3.00 bits per heavy atom. The lowest BCUT2D eigenvalue weighted by molar-refractivity contribution is 0.0948.